The van der Waals surface area contributed by atoms with Gasteiger partial charge in [-0.25, -0.2) is 0 Å². The summed E-state index contributed by atoms with van der Waals surface area (Å²) in [7, 11) is 2.14. The largest absolute Gasteiger partial charge is 0.508 e. The molecule has 1 fully saturated rings. The molecular weight excluding hydrogens is 504 g/mol. The van der Waals surface area contributed by atoms with Crippen LogP contribution in [0, 0.1) is 0 Å². The Balaban J connectivity index is 0.000000357. The maximum Gasteiger partial charge on any atom is 0.318 e. The molecule has 3 heterocycles. The normalized spacial score (nSPS) is 17.5. The summed E-state index contributed by atoms with van der Waals surface area (Å²) in [5.41, 5.74) is 9.19. The maximum atomic E-state index is 10.8. The number of fused-ring (bicyclic) bond motifs is 2. The van der Waals surface area contributed by atoms with Crippen molar-refractivity contribution in [3.05, 3.63) is 60.3 Å². The Kier molecular flexibility index (Phi) is 9.47. The first kappa shape index (κ1) is 29.1. The Labute approximate surface area is 237 Å². The van der Waals surface area contributed by atoms with E-state index in [1.165, 1.54) is 12.5 Å². The number of phenolic OH excluding ortho intramolecular Hbond substituents is 1. The van der Waals surface area contributed by atoms with E-state index in [-0.39, 0.29) is 17.8 Å². The van der Waals surface area contributed by atoms with Crippen molar-refractivity contribution >= 4 is 28.2 Å². The zero-order valence-corrected chi connectivity index (χ0v) is 24.1. The molecule has 3 N–H and O–H groups in total. The van der Waals surface area contributed by atoms with Gasteiger partial charge in [0.05, 0.1) is 12.2 Å². The molecule has 5 rings (SSSR count). The minimum absolute atomic E-state index is 0.000317. The van der Waals surface area contributed by atoms with Crippen LogP contribution in [0.4, 0.5) is 11.5 Å². The highest BCUT2D eigenvalue weighted by molar-refractivity contribution is 5.95. The topological polar surface area (TPSA) is 108 Å². The number of carbonyl (C=O) groups is 1. The van der Waals surface area contributed by atoms with E-state index in [4.69, 9.17) is 15.5 Å². The number of phenols is 1. The predicted molar refractivity (Wildman–Crippen MR) is 161 cm³/mol. The molecule has 0 bridgehead atoms. The van der Waals surface area contributed by atoms with Gasteiger partial charge in [0.25, 0.3) is 0 Å². The van der Waals surface area contributed by atoms with Crippen LogP contribution in [0.3, 0.4) is 0 Å². The lowest BCUT2D eigenvalue weighted by Crippen LogP contribution is -2.38. The maximum absolute atomic E-state index is 10.8. The van der Waals surface area contributed by atoms with Gasteiger partial charge < -0.3 is 25.4 Å². The van der Waals surface area contributed by atoms with Crippen molar-refractivity contribution in [2.75, 3.05) is 43.9 Å². The molecule has 9 nitrogen and oxygen atoms in total. The first-order chi connectivity index (χ1) is 19.2. The smallest absolute Gasteiger partial charge is 0.318 e. The van der Waals surface area contributed by atoms with Crippen molar-refractivity contribution in [3.8, 4) is 11.8 Å². The van der Waals surface area contributed by atoms with Crippen LogP contribution in [-0.4, -0.2) is 76.2 Å². The molecule has 0 saturated carbocycles. The lowest BCUT2D eigenvalue weighted by atomic mass is 10.0. The van der Waals surface area contributed by atoms with Crippen LogP contribution in [0.2, 0.25) is 0 Å². The van der Waals surface area contributed by atoms with Gasteiger partial charge >= 0.3 is 6.01 Å². The summed E-state index contributed by atoms with van der Waals surface area (Å²) in [5.74, 6) is 0.785. The standard InChI is InChI=1S/C24H29N5O2.C7H13NO/c1-15(21-8-5-10-28(21)2)31-24-26-20-14-29(11-9-19(20)23(25)27-24)22-13-17(30)12-16-6-3-4-7-18(16)22;1-4-7(9)8(5-2)6-3/h3-4,6-7,12-13,15,21,30H,5,8-11,14H2,1-2H3,(H2,25,26,27);4H,1,5-6H2,2-3H3/t15-,21-;/m1./s1. The molecule has 40 heavy (non-hydrogen) atoms. The zero-order chi connectivity index (χ0) is 28.8. The molecular formula is C31H42N6O3. The lowest BCUT2D eigenvalue weighted by molar-refractivity contribution is -0.125. The number of nitrogens with two attached hydrogens (primary N) is 1. The van der Waals surface area contributed by atoms with Gasteiger partial charge in [0.1, 0.15) is 17.7 Å². The van der Waals surface area contributed by atoms with Crippen LogP contribution < -0.4 is 15.4 Å². The number of benzene rings is 2. The molecule has 9 heteroatoms. The van der Waals surface area contributed by atoms with Crippen LogP contribution in [-0.2, 0) is 17.8 Å². The quantitative estimate of drug-likeness (QED) is 0.421. The number of aromatic nitrogens is 2. The second-order valence-corrected chi connectivity index (χ2v) is 10.4. The average molecular weight is 547 g/mol. The van der Waals surface area contributed by atoms with Gasteiger partial charge in [-0.15, -0.1) is 0 Å². The van der Waals surface area contributed by atoms with Crippen molar-refractivity contribution < 1.29 is 14.6 Å². The molecule has 2 aromatic carbocycles. The molecule has 2 aliphatic heterocycles. The number of nitrogen functional groups attached to an aromatic ring is 1. The molecule has 1 aromatic heterocycles. The first-order valence-corrected chi connectivity index (χ1v) is 14.2. The van der Waals surface area contributed by atoms with Crippen molar-refractivity contribution in [2.45, 2.75) is 58.7 Å². The average Bonchev–Trinajstić information content (AvgIpc) is 3.39. The number of amides is 1. The molecule has 0 aliphatic carbocycles. The number of likely N-dealkylation sites (tertiary alicyclic amines) is 1. The Morgan fingerprint density at radius 2 is 2.00 bits per heavy atom. The van der Waals surface area contributed by atoms with E-state index in [9.17, 15) is 9.90 Å². The SMILES string of the molecule is C=CC(=O)N(CC)CC.C[C@@H](Oc1nc(N)c2c(n1)CN(c1cc(O)cc3ccccc13)CC2)[C@H]1CCCN1C. The predicted octanol–water partition coefficient (Wildman–Crippen LogP) is 4.38. The number of anilines is 2. The van der Waals surface area contributed by atoms with Crippen molar-refractivity contribution in [3.63, 3.8) is 0 Å². The summed E-state index contributed by atoms with van der Waals surface area (Å²) in [4.78, 5) is 26.3. The van der Waals surface area contributed by atoms with Crippen molar-refractivity contribution in [1.29, 1.82) is 0 Å². The Morgan fingerprint density at radius 1 is 1.25 bits per heavy atom. The third-order valence-corrected chi connectivity index (χ3v) is 7.90. The Hall–Kier alpha value is -3.85. The molecule has 0 spiro atoms. The first-order valence-electron chi connectivity index (χ1n) is 14.2. The zero-order valence-electron chi connectivity index (χ0n) is 24.1. The third-order valence-electron chi connectivity index (χ3n) is 7.90. The minimum Gasteiger partial charge on any atom is -0.508 e. The van der Waals surface area contributed by atoms with Crippen molar-refractivity contribution in [1.82, 2.24) is 19.8 Å². The van der Waals surface area contributed by atoms with E-state index in [1.807, 2.05) is 38.1 Å². The van der Waals surface area contributed by atoms with E-state index in [2.05, 4.69) is 41.4 Å². The van der Waals surface area contributed by atoms with E-state index in [1.54, 1.807) is 11.0 Å². The van der Waals surface area contributed by atoms with Gasteiger partial charge in [0, 0.05) is 48.4 Å². The summed E-state index contributed by atoms with van der Waals surface area (Å²) in [6.45, 7) is 13.4. The number of carbonyl (C=O) groups excluding carboxylic acids is 1. The summed E-state index contributed by atoms with van der Waals surface area (Å²) >= 11 is 0. The third kappa shape index (κ3) is 6.47. The molecule has 1 saturated heterocycles. The Bertz CT molecular complexity index is 1340. The lowest BCUT2D eigenvalue weighted by Gasteiger charge is -2.32. The number of aromatic hydroxyl groups is 1. The summed E-state index contributed by atoms with van der Waals surface area (Å²) in [5, 5.41) is 12.4. The second kappa shape index (κ2) is 13.0. The minimum atomic E-state index is -0.000317. The summed E-state index contributed by atoms with van der Waals surface area (Å²) < 4.78 is 6.14. The summed E-state index contributed by atoms with van der Waals surface area (Å²) in [6, 6.07) is 12.5. The van der Waals surface area contributed by atoms with E-state index in [0.717, 1.165) is 66.7 Å². The van der Waals surface area contributed by atoms with Crippen LogP contribution in [0.15, 0.2) is 49.1 Å². The monoisotopic (exact) mass is 546 g/mol. The Morgan fingerprint density at radius 3 is 2.65 bits per heavy atom. The number of hydrogen-bond donors (Lipinski definition) is 2. The molecule has 2 atom stereocenters. The van der Waals surface area contributed by atoms with Gasteiger partial charge in [0.15, 0.2) is 0 Å². The van der Waals surface area contributed by atoms with Gasteiger partial charge in [-0.3, -0.25) is 9.69 Å². The van der Waals surface area contributed by atoms with Gasteiger partial charge in [-0.1, -0.05) is 30.8 Å². The highest BCUT2D eigenvalue weighted by Crippen LogP contribution is 2.35. The highest BCUT2D eigenvalue weighted by Gasteiger charge is 2.29. The fourth-order valence-corrected chi connectivity index (χ4v) is 5.67. The molecule has 3 aromatic rings. The van der Waals surface area contributed by atoms with Crippen LogP contribution in [0.25, 0.3) is 10.8 Å². The van der Waals surface area contributed by atoms with Crippen LogP contribution >= 0.6 is 0 Å². The van der Waals surface area contributed by atoms with Gasteiger partial charge in [-0.2, -0.15) is 9.97 Å². The van der Waals surface area contributed by atoms with Gasteiger partial charge in [-0.05, 0) is 71.2 Å². The number of likely N-dealkylation sites (N-methyl/N-ethyl adjacent to an activating group) is 2. The number of nitrogens with zero attached hydrogens (tertiary/aromatic N) is 5. The molecule has 2 aliphatic rings. The highest BCUT2D eigenvalue weighted by atomic mass is 16.5. The molecule has 214 valence electrons. The van der Waals surface area contributed by atoms with Crippen molar-refractivity contribution in [2.24, 2.45) is 0 Å². The molecule has 0 radical (unpaired) electrons. The van der Waals surface area contributed by atoms with E-state index < -0.39 is 0 Å². The number of hydrogen-bond acceptors (Lipinski definition) is 8. The second-order valence-electron chi connectivity index (χ2n) is 10.4. The summed E-state index contributed by atoms with van der Waals surface area (Å²) in [6.07, 6.45) is 4.41. The van der Waals surface area contributed by atoms with Gasteiger partial charge in [0.2, 0.25) is 5.91 Å². The number of ether oxygens (including phenoxy) is 1. The molecule has 0 unspecified atom stereocenters. The van der Waals surface area contributed by atoms with Crippen LogP contribution in [0.1, 0.15) is 44.9 Å². The van der Waals surface area contributed by atoms with E-state index >= 15 is 0 Å². The molecule has 1 amide bonds. The number of rotatable bonds is 7. The van der Waals surface area contributed by atoms with E-state index in [0.29, 0.717) is 24.4 Å². The van der Waals surface area contributed by atoms with Crippen LogP contribution in [0.5, 0.6) is 11.8 Å². The fraction of sp³-hybridized carbons (Fsp3) is 0.452. The fourth-order valence-electron chi connectivity index (χ4n) is 5.67.